The first-order valence-electron chi connectivity index (χ1n) is 9.65. The molecular formula is C22H26N4OS2. The Kier molecular flexibility index (Phi) is 7.28. The number of nitrogens with zero attached hydrogens (tertiary/aromatic N) is 2. The zero-order valence-corrected chi connectivity index (χ0v) is 18.8. The maximum Gasteiger partial charge on any atom is 0.234 e. The van der Waals surface area contributed by atoms with Gasteiger partial charge in [0.05, 0.1) is 5.75 Å². The van der Waals surface area contributed by atoms with Crippen molar-refractivity contribution in [3.63, 3.8) is 0 Å². The van der Waals surface area contributed by atoms with Crippen LogP contribution >= 0.6 is 23.1 Å². The number of para-hydroxylation sites is 1. The molecular weight excluding hydrogens is 400 g/mol. The molecule has 2 N–H and O–H groups in total. The topological polar surface area (TPSA) is 66.9 Å². The second kappa shape index (κ2) is 9.89. The maximum absolute atomic E-state index is 12.4. The number of anilines is 3. The second-order valence-corrected chi connectivity index (χ2v) is 9.23. The molecule has 1 aromatic heterocycles. The van der Waals surface area contributed by atoms with E-state index in [0.717, 1.165) is 27.3 Å². The summed E-state index contributed by atoms with van der Waals surface area (Å²) >= 11 is 2.84. The fourth-order valence-corrected chi connectivity index (χ4v) is 4.41. The van der Waals surface area contributed by atoms with E-state index in [-0.39, 0.29) is 5.91 Å². The Labute approximate surface area is 180 Å². The number of aromatic nitrogens is 2. The number of thioether (sulfide) groups is 1. The lowest BCUT2D eigenvalue weighted by Crippen LogP contribution is -2.15. The molecule has 7 heteroatoms. The molecule has 1 atom stereocenters. The van der Waals surface area contributed by atoms with Crippen molar-refractivity contribution in [3.8, 4) is 0 Å². The van der Waals surface area contributed by atoms with Crippen molar-refractivity contribution in [2.24, 2.45) is 0 Å². The molecule has 1 amide bonds. The summed E-state index contributed by atoms with van der Waals surface area (Å²) in [4.78, 5) is 12.4. The molecule has 0 spiro atoms. The second-order valence-electron chi connectivity index (χ2n) is 7.03. The van der Waals surface area contributed by atoms with Crippen LogP contribution in [0.15, 0.2) is 46.8 Å². The molecule has 0 aliphatic heterocycles. The standard InChI is InChI=1S/C22H26N4OS2/c1-5-14(2)18-8-6-7-9-19(18)24-20(27)13-28-22-26-25-21(29-22)23-17-11-10-15(3)16(4)12-17/h6-12,14H,5,13H2,1-4H3,(H,23,25)(H,24,27)/t14-/m1/s1. The summed E-state index contributed by atoms with van der Waals surface area (Å²) < 4.78 is 0.765. The number of hydrogen-bond donors (Lipinski definition) is 2. The van der Waals surface area contributed by atoms with Crippen molar-refractivity contribution in [2.45, 2.75) is 44.4 Å². The summed E-state index contributed by atoms with van der Waals surface area (Å²) in [5, 5.41) is 15.4. The lowest BCUT2D eigenvalue weighted by Gasteiger charge is -2.15. The van der Waals surface area contributed by atoms with E-state index in [1.165, 1.54) is 39.8 Å². The first-order valence-corrected chi connectivity index (χ1v) is 11.5. The van der Waals surface area contributed by atoms with Crippen LogP contribution in [0.25, 0.3) is 0 Å². The van der Waals surface area contributed by atoms with Gasteiger partial charge in [0.15, 0.2) is 4.34 Å². The number of carbonyl (C=O) groups is 1. The van der Waals surface area contributed by atoms with Gasteiger partial charge in [-0.1, -0.05) is 61.2 Å². The summed E-state index contributed by atoms with van der Waals surface area (Å²) in [7, 11) is 0. The van der Waals surface area contributed by atoms with Gasteiger partial charge < -0.3 is 10.6 Å². The summed E-state index contributed by atoms with van der Waals surface area (Å²) in [6.07, 6.45) is 1.03. The van der Waals surface area contributed by atoms with Crippen LogP contribution in [0.1, 0.15) is 42.9 Å². The van der Waals surface area contributed by atoms with Crippen LogP contribution in [0, 0.1) is 13.8 Å². The highest BCUT2D eigenvalue weighted by atomic mass is 32.2. The monoisotopic (exact) mass is 426 g/mol. The number of nitrogens with one attached hydrogen (secondary N) is 2. The summed E-state index contributed by atoms with van der Waals surface area (Å²) in [6, 6.07) is 14.2. The van der Waals surface area contributed by atoms with Crippen LogP contribution in [0.4, 0.5) is 16.5 Å². The molecule has 0 radical (unpaired) electrons. The molecule has 0 unspecified atom stereocenters. The number of aryl methyl sites for hydroxylation is 2. The van der Waals surface area contributed by atoms with Gasteiger partial charge in [0.1, 0.15) is 0 Å². The van der Waals surface area contributed by atoms with E-state index in [1.807, 2.05) is 24.3 Å². The highest BCUT2D eigenvalue weighted by molar-refractivity contribution is 8.01. The van der Waals surface area contributed by atoms with Crippen LogP contribution in [0.2, 0.25) is 0 Å². The molecule has 0 bridgehead atoms. The lowest BCUT2D eigenvalue weighted by molar-refractivity contribution is -0.113. The molecule has 1 heterocycles. The van der Waals surface area contributed by atoms with Gasteiger partial charge in [-0.05, 0) is 61.1 Å². The number of carbonyl (C=O) groups excluding carboxylic acids is 1. The van der Waals surface area contributed by atoms with Crippen molar-refractivity contribution in [2.75, 3.05) is 16.4 Å². The first-order chi connectivity index (χ1) is 14.0. The Morgan fingerprint density at radius 2 is 1.93 bits per heavy atom. The Hall–Kier alpha value is -2.38. The Bertz CT molecular complexity index is 986. The molecule has 3 rings (SSSR count). The molecule has 152 valence electrons. The van der Waals surface area contributed by atoms with E-state index < -0.39 is 0 Å². The van der Waals surface area contributed by atoms with Crippen LogP contribution in [0.3, 0.4) is 0 Å². The molecule has 3 aromatic rings. The lowest BCUT2D eigenvalue weighted by atomic mass is 9.97. The predicted molar refractivity (Wildman–Crippen MR) is 124 cm³/mol. The van der Waals surface area contributed by atoms with Gasteiger partial charge in [0.2, 0.25) is 11.0 Å². The predicted octanol–water partition coefficient (Wildman–Crippen LogP) is 6.14. The number of amides is 1. The smallest absolute Gasteiger partial charge is 0.234 e. The van der Waals surface area contributed by atoms with Crippen molar-refractivity contribution in [1.82, 2.24) is 10.2 Å². The van der Waals surface area contributed by atoms with Gasteiger partial charge in [0.25, 0.3) is 0 Å². The van der Waals surface area contributed by atoms with Crippen molar-refractivity contribution < 1.29 is 4.79 Å². The minimum Gasteiger partial charge on any atom is -0.330 e. The van der Waals surface area contributed by atoms with E-state index in [9.17, 15) is 4.79 Å². The van der Waals surface area contributed by atoms with Gasteiger partial charge >= 0.3 is 0 Å². The average molecular weight is 427 g/mol. The summed E-state index contributed by atoms with van der Waals surface area (Å²) in [6.45, 7) is 8.49. The third-order valence-corrected chi connectivity index (χ3v) is 6.84. The summed E-state index contributed by atoms with van der Waals surface area (Å²) in [5.41, 5.74) is 5.53. The fraction of sp³-hybridized carbons (Fsp3) is 0.318. The fourth-order valence-electron chi connectivity index (χ4n) is 2.84. The largest absolute Gasteiger partial charge is 0.330 e. The maximum atomic E-state index is 12.4. The van der Waals surface area contributed by atoms with E-state index in [0.29, 0.717) is 11.7 Å². The normalized spacial score (nSPS) is 11.9. The Morgan fingerprint density at radius 1 is 1.14 bits per heavy atom. The van der Waals surface area contributed by atoms with Gasteiger partial charge in [-0.25, -0.2) is 0 Å². The van der Waals surface area contributed by atoms with Gasteiger partial charge in [0, 0.05) is 11.4 Å². The van der Waals surface area contributed by atoms with Crippen molar-refractivity contribution in [3.05, 3.63) is 59.2 Å². The van der Waals surface area contributed by atoms with E-state index in [4.69, 9.17) is 0 Å². The summed E-state index contributed by atoms with van der Waals surface area (Å²) in [5.74, 6) is 0.665. The van der Waals surface area contributed by atoms with Gasteiger partial charge in [-0.15, -0.1) is 10.2 Å². The van der Waals surface area contributed by atoms with Crippen LogP contribution in [-0.2, 0) is 4.79 Å². The molecule has 0 aliphatic rings. The molecule has 0 aliphatic carbocycles. The molecule has 0 saturated heterocycles. The van der Waals surface area contributed by atoms with Crippen LogP contribution < -0.4 is 10.6 Å². The average Bonchev–Trinajstić information content (AvgIpc) is 3.16. The first kappa shape index (κ1) is 21.3. The zero-order valence-electron chi connectivity index (χ0n) is 17.2. The SMILES string of the molecule is CC[C@@H](C)c1ccccc1NC(=O)CSc1nnc(Nc2ccc(C)c(C)c2)s1. The quantitative estimate of drug-likeness (QED) is 0.423. The van der Waals surface area contributed by atoms with Gasteiger partial charge in [-0.2, -0.15) is 0 Å². The number of rotatable bonds is 8. The highest BCUT2D eigenvalue weighted by Gasteiger charge is 2.13. The Balaban J connectivity index is 1.56. The third kappa shape index (κ3) is 5.81. The number of benzene rings is 2. The van der Waals surface area contributed by atoms with Crippen LogP contribution in [-0.4, -0.2) is 21.9 Å². The molecule has 0 fully saturated rings. The Morgan fingerprint density at radius 3 is 2.69 bits per heavy atom. The van der Waals surface area contributed by atoms with E-state index >= 15 is 0 Å². The molecule has 0 saturated carbocycles. The molecule has 5 nitrogen and oxygen atoms in total. The van der Waals surface area contributed by atoms with Crippen LogP contribution in [0.5, 0.6) is 0 Å². The van der Waals surface area contributed by atoms with Crippen molar-refractivity contribution >= 4 is 45.5 Å². The van der Waals surface area contributed by atoms with Crippen molar-refractivity contribution in [1.29, 1.82) is 0 Å². The molecule has 29 heavy (non-hydrogen) atoms. The third-order valence-electron chi connectivity index (χ3n) is 4.87. The highest BCUT2D eigenvalue weighted by Crippen LogP contribution is 2.29. The van der Waals surface area contributed by atoms with E-state index in [1.54, 1.807) is 0 Å². The number of hydrogen-bond acceptors (Lipinski definition) is 6. The van der Waals surface area contributed by atoms with E-state index in [2.05, 4.69) is 66.7 Å². The molecule has 2 aromatic carbocycles. The van der Waals surface area contributed by atoms with Gasteiger partial charge in [-0.3, -0.25) is 4.79 Å². The minimum absolute atomic E-state index is 0.0374. The zero-order chi connectivity index (χ0) is 20.8. The minimum atomic E-state index is -0.0374.